The second kappa shape index (κ2) is 8.45. The van der Waals surface area contributed by atoms with Gasteiger partial charge in [0.1, 0.15) is 11.6 Å². The number of imidazole rings is 1. The fraction of sp³-hybridized carbons (Fsp3) is 0.474. The lowest BCUT2D eigenvalue weighted by Crippen LogP contribution is -2.21. The van der Waals surface area contributed by atoms with E-state index in [1.165, 1.54) is 7.11 Å². The highest BCUT2D eigenvalue weighted by Crippen LogP contribution is 2.32. The fourth-order valence-electron chi connectivity index (χ4n) is 2.70. The van der Waals surface area contributed by atoms with Gasteiger partial charge in [-0.3, -0.25) is 4.57 Å². The van der Waals surface area contributed by atoms with Crippen LogP contribution in [0.3, 0.4) is 0 Å². The van der Waals surface area contributed by atoms with Crippen molar-refractivity contribution < 1.29 is 27.4 Å². The molecule has 2 rings (SSSR count). The summed E-state index contributed by atoms with van der Waals surface area (Å²) in [6, 6.07) is 4.89. The van der Waals surface area contributed by atoms with Crippen molar-refractivity contribution in [2.75, 3.05) is 13.7 Å². The van der Waals surface area contributed by atoms with Crippen molar-refractivity contribution in [2.24, 2.45) is 5.92 Å². The Morgan fingerprint density at radius 3 is 2.56 bits per heavy atom. The van der Waals surface area contributed by atoms with Gasteiger partial charge in [0.15, 0.2) is 5.69 Å². The molecule has 0 spiro atoms. The van der Waals surface area contributed by atoms with Gasteiger partial charge >= 0.3 is 12.1 Å². The van der Waals surface area contributed by atoms with Crippen molar-refractivity contribution in [3.05, 3.63) is 41.5 Å². The van der Waals surface area contributed by atoms with Crippen molar-refractivity contribution in [3.63, 3.8) is 0 Å². The zero-order chi connectivity index (χ0) is 20.2. The van der Waals surface area contributed by atoms with Crippen LogP contribution in [0.4, 0.5) is 13.2 Å². The zero-order valence-electron chi connectivity index (χ0n) is 15.8. The Morgan fingerprint density at radius 2 is 2.00 bits per heavy atom. The number of halogens is 3. The summed E-state index contributed by atoms with van der Waals surface area (Å²) in [5, 5.41) is 0. The summed E-state index contributed by atoms with van der Waals surface area (Å²) in [6.07, 6.45) is -2.29. The van der Waals surface area contributed by atoms with Crippen molar-refractivity contribution in [3.8, 4) is 11.4 Å². The van der Waals surface area contributed by atoms with Gasteiger partial charge < -0.3 is 9.47 Å². The SMILES string of the molecule is CCOC(=O)c1cn(-c2ccc(C[C@H](C)C(F)(F)F)cc2OC)c(CC)n1. The molecule has 0 N–H and O–H groups in total. The van der Waals surface area contributed by atoms with Gasteiger partial charge in [0.05, 0.1) is 25.3 Å². The number of aromatic nitrogens is 2. The van der Waals surface area contributed by atoms with E-state index < -0.39 is 18.1 Å². The first-order chi connectivity index (χ1) is 12.7. The molecule has 0 fully saturated rings. The number of methoxy groups -OCH3 is 1. The maximum Gasteiger partial charge on any atom is 0.391 e. The number of rotatable bonds is 7. The highest BCUT2D eigenvalue weighted by molar-refractivity contribution is 5.87. The lowest BCUT2D eigenvalue weighted by atomic mass is 10.00. The molecule has 8 heteroatoms. The fourth-order valence-corrected chi connectivity index (χ4v) is 2.70. The van der Waals surface area contributed by atoms with Crippen molar-refractivity contribution in [1.82, 2.24) is 9.55 Å². The minimum Gasteiger partial charge on any atom is -0.495 e. The highest BCUT2D eigenvalue weighted by atomic mass is 19.4. The Labute approximate surface area is 156 Å². The maximum absolute atomic E-state index is 12.8. The van der Waals surface area contributed by atoms with E-state index in [4.69, 9.17) is 9.47 Å². The molecule has 1 heterocycles. The third-order valence-corrected chi connectivity index (χ3v) is 4.18. The number of alkyl halides is 3. The van der Waals surface area contributed by atoms with Gasteiger partial charge in [0, 0.05) is 12.6 Å². The molecule has 0 aliphatic rings. The zero-order valence-corrected chi connectivity index (χ0v) is 15.8. The predicted octanol–water partition coefficient (Wildman–Crippen LogP) is 4.36. The van der Waals surface area contributed by atoms with Crippen LogP contribution >= 0.6 is 0 Å². The first-order valence-corrected chi connectivity index (χ1v) is 8.70. The molecule has 1 aromatic carbocycles. The van der Waals surface area contributed by atoms with E-state index in [2.05, 4.69) is 4.98 Å². The monoisotopic (exact) mass is 384 g/mol. The van der Waals surface area contributed by atoms with E-state index in [0.29, 0.717) is 29.2 Å². The minimum atomic E-state index is -4.25. The molecule has 0 aliphatic heterocycles. The number of carbonyl (C=O) groups is 1. The van der Waals surface area contributed by atoms with Crippen LogP contribution in [0, 0.1) is 5.92 Å². The molecule has 0 saturated carbocycles. The molecule has 2 aromatic rings. The predicted molar refractivity (Wildman–Crippen MR) is 94.4 cm³/mol. The molecule has 1 aromatic heterocycles. The smallest absolute Gasteiger partial charge is 0.391 e. The van der Waals surface area contributed by atoms with Crippen molar-refractivity contribution in [2.45, 2.75) is 39.8 Å². The molecular weight excluding hydrogens is 361 g/mol. The Kier molecular flexibility index (Phi) is 6.51. The summed E-state index contributed by atoms with van der Waals surface area (Å²) in [5.41, 5.74) is 1.29. The summed E-state index contributed by atoms with van der Waals surface area (Å²) in [4.78, 5) is 16.2. The van der Waals surface area contributed by atoms with Crippen LogP contribution in [0.5, 0.6) is 5.75 Å². The lowest BCUT2D eigenvalue weighted by molar-refractivity contribution is -0.169. The molecule has 0 radical (unpaired) electrons. The summed E-state index contributed by atoms with van der Waals surface area (Å²) in [5.74, 6) is -0.958. The standard InChI is InChI=1S/C19H23F3N2O3/c1-5-17-23-14(18(25)27-6-2)11-24(17)15-8-7-13(10-16(15)26-4)9-12(3)19(20,21)22/h7-8,10-12H,5-6,9H2,1-4H3/t12-/m0/s1. The molecule has 5 nitrogen and oxygen atoms in total. The summed E-state index contributed by atoms with van der Waals surface area (Å²) < 4.78 is 50.5. The van der Waals surface area contributed by atoms with E-state index in [1.807, 2.05) is 6.92 Å². The average molecular weight is 384 g/mol. The van der Waals surface area contributed by atoms with Crippen molar-refractivity contribution in [1.29, 1.82) is 0 Å². The molecule has 0 amide bonds. The topological polar surface area (TPSA) is 53.4 Å². The third kappa shape index (κ3) is 4.81. The normalized spacial score (nSPS) is 12.7. The summed E-state index contributed by atoms with van der Waals surface area (Å²) >= 11 is 0. The Morgan fingerprint density at radius 1 is 1.30 bits per heavy atom. The number of ether oxygens (including phenoxy) is 2. The van der Waals surface area contributed by atoms with Crippen LogP contribution in [0.25, 0.3) is 5.69 Å². The van der Waals surface area contributed by atoms with Gasteiger partial charge in [-0.05, 0) is 31.0 Å². The number of carbonyl (C=O) groups excluding carboxylic acids is 1. The Balaban J connectivity index is 2.40. The number of hydrogen-bond donors (Lipinski definition) is 0. The van der Waals surface area contributed by atoms with E-state index in [0.717, 1.165) is 6.92 Å². The van der Waals surface area contributed by atoms with Gasteiger partial charge in [-0.15, -0.1) is 0 Å². The number of benzene rings is 1. The highest BCUT2D eigenvalue weighted by Gasteiger charge is 2.35. The van der Waals surface area contributed by atoms with Crippen LogP contribution in [-0.4, -0.2) is 35.4 Å². The molecule has 0 unspecified atom stereocenters. The number of esters is 1. The lowest BCUT2D eigenvalue weighted by Gasteiger charge is -2.17. The molecule has 27 heavy (non-hydrogen) atoms. The van der Waals surface area contributed by atoms with Crippen LogP contribution < -0.4 is 4.74 Å². The van der Waals surface area contributed by atoms with Gasteiger partial charge in [-0.2, -0.15) is 13.2 Å². The second-order valence-corrected chi connectivity index (χ2v) is 6.14. The van der Waals surface area contributed by atoms with Gasteiger partial charge in [-0.1, -0.05) is 19.9 Å². The van der Waals surface area contributed by atoms with Gasteiger partial charge in [0.2, 0.25) is 0 Å². The van der Waals surface area contributed by atoms with E-state index in [1.54, 1.807) is 35.9 Å². The Hall–Kier alpha value is -2.51. The molecule has 0 bridgehead atoms. The largest absolute Gasteiger partial charge is 0.495 e. The molecule has 1 atom stereocenters. The average Bonchev–Trinajstić information content (AvgIpc) is 3.05. The van der Waals surface area contributed by atoms with Crippen LogP contribution in [0.1, 0.15) is 42.6 Å². The third-order valence-electron chi connectivity index (χ3n) is 4.18. The Bertz CT molecular complexity index is 800. The maximum atomic E-state index is 12.8. The van der Waals surface area contributed by atoms with Crippen molar-refractivity contribution >= 4 is 5.97 Å². The quantitative estimate of drug-likeness (QED) is 0.666. The first-order valence-electron chi connectivity index (χ1n) is 8.70. The van der Waals surface area contributed by atoms with Crippen LogP contribution in [-0.2, 0) is 17.6 Å². The minimum absolute atomic E-state index is 0.140. The van der Waals surface area contributed by atoms with E-state index in [9.17, 15) is 18.0 Å². The van der Waals surface area contributed by atoms with Crippen LogP contribution in [0.2, 0.25) is 0 Å². The molecule has 0 aliphatic carbocycles. The second-order valence-electron chi connectivity index (χ2n) is 6.14. The number of hydrogen-bond acceptors (Lipinski definition) is 4. The number of nitrogens with zero attached hydrogens (tertiary/aromatic N) is 2. The summed E-state index contributed by atoms with van der Waals surface area (Å²) in [7, 11) is 1.45. The van der Waals surface area contributed by atoms with E-state index in [-0.39, 0.29) is 18.7 Å². The van der Waals surface area contributed by atoms with E-state index >= 15 is 0 Å². The van der Waals surface area contributed by atoms with Gasteiger partial charge in [-0.25, -0.2) is 9.78 Å². The number of aryl methyl sites for hydroxylation is 1. The van der Waals surface area contributed by atoms with Crippen LogP contribution in [0.15, 0.2) is 24.4 Å². The molecule has 148 valence electrons. The summed E-state index contributed by atoms with van der Waals surface area (Å²) in [6.45, 7) is 4.98. The molecular formula is C19H23F3N2O3. The van der Waals surface area contributed by atoms with Gasteiger partial charge in [0.25, 0.3) is 0 Å². The first kappa shape index (κ1) is 20.8. The molecule has 0 saturated heterocycles.